The third-order valence-corrected chi connectivity index (χ3v) is 3.65. The zero-order valence-corrected chi connectivity index (χ0v) is 12.8. The summed E-state index contributed by atoms with van der Waals surface area (Å²) < 4.78 is 9.19. The van der Waals surface area contributed by atoms with Crippen LogP contribution >= 0.6 is 23.2 Å². The Morgan fingerprint density at radius 3 is 2.20 bits per heavy atom. The zero-order valence-electron chi connectivity index (χ0n) is 11.3. The monoisotopic (exact) mass is 318 g/mol. The summed E-state index contributed by atoms with van der Waals surface area (Å²) in [4.78, 5) is 23.0. The normalized spacial score (nSPS) is 10.4. The first-order valence-corrected chi connectivity index (χ1v) is 6.84. The second-order valence-corrected chi connectivity index (χ2v) is 5.05. The van der Waals surface area contributed by atoms with E-state index in [9.17, 15) is 9.59 Å². The van der Waals surface area contributed by atoms with E-state index in [2.05, 4.69) is 9.47 Å². The molecule has 20 heavy (non-hydrogen) atoms. The molecule has 0 atom stereocenters. The van der Waals surface area contributed by atoms with Gasteiger partial charge in [-0.05, 0) is 37.0 Å². The van der Waals surface area contributed by atoms with E-state index in [1.165, 1.54) is 14.2 Å². The van der Waals surface area contributed by atoms with Crippen LogP contribution in [-0.4, -0.2) is 26.2 Å². The highest BCUT2D eigenvalue weighted by molar-refractivity contribution is 6.42. The van der Waals surface area contributed by atoms with Crippen molar-refractivity contribution in [2.45, 2.75) is 19.3 Å². The molecule has 4 nitrogen and oxygen atoms in total. The van der Waals surface area contributed by atoms with Crippen molar-refractivity contribution in [3.05, 3.63) is 33.8 Å². The largest absolute Gasteiger partial charge is 0.468 e. The zero-order chi connectivity index (χ0) is 15.1. The molecule has 1 aromatic rings. The molecule has 0 aliphatic rings. The SMILES string of the molecule is COC(=O)C(CCCc1ccc(Cl)c(Cl)c1)C(=O)OC. The fourth-order valence-corrected chi connectivity index (χ4v) is 2.14. The van der Waals surface area contributed by atoms with E-state index in [4.69, 9.17) is 23.2 Å². The predicted molar refractivity (Wildman–Crippen MR) is 76.9 cm³/mol. The Morgan fingerprint density at radius 1 is 1.10 bits per heavy atom. The van der Waals surface area contributed by atoms with Crippen LogP contribution in [0.3, 0.4) is 0 Å². The highest BCUT2D eigenvalue weighted by Crippen LogP contribution is 2.24. The summed E-state index contributed by atoms with van der Waals surface area (Å²) in [5.41, 5.74) is 0.993. The van der Waals surface area contributed by atoms with Crippen molar-refractivity contribution in [1.82, 2.24) is 0 Å². The predicted octanol–water partition coefficient (Wildman–Crippen LogP) is 3.28. The van der Waals surface area contributed by atoms with Crippen molar-refractivity contribution in [2.75, 3.05) is 14.2 Å². The second-order valence-electron chi connectivity index (χ2n) is 4.24. The first-order valence-electron chi connectivity index (χ1n) is 6.09. The van der Waals surface area contributed by atoms with Crippen molar-refractivity contribution < 1.29 is 19.1 Å². The molecule has 0 heterocycles. The van der Waals surface area contributed by atoms with Crippen LogP contribution in [-0.2, 0) is 25.5 Å². The summed E-state index contributed by atoms with van der Waals surface area (Å²) in [6.07, 6.45) is 1.67. The number of rotatable bonds is 6. The summed E-state index contributed by atoms with van der Waals surface area (Å²) in [5, 5.41) is 0.985. The van der Waals surface area contributed by atoms with Gasteiger partial charge in [-0.3, -0.25) is 9.59 Å². The molecular weight excluding hydrogens is 303 g/mol. The summed E-state index contributed by atoms with van der Waals surface area (Å²) >= 11 is 11.8. The fraction of sp³-hybridized carbons (Fsp3) is 0.429. The Kier molecular flexibility index (Phi) is 6.82. The van der Waals surface area contributed by atoms with Crippen molar-refractivity contribution >= 4 is 35.1 Å². The number of aryl methyl sites for hydroxylation is 1. The second kappa shape index (κ2) is 8.12. The molecule has 1 aromatic carbocycles. The molecule has 0 bridgehead atoms. The van der Waals surface area contributed by atoms with Gasteiger partial charge in [0.2, 0.25) is 0 Å². The molecule has 0 saturated heterocycles. The summed E-state index contributed by atoms with van der Waals surface area (Å²) in [7, 11) is 2.49. The maximum absolute atomic E-state index is 11.5. The molecule has 0 aliphatic carbocycles. The number of hydrogen-bond donors (Lipinski definition) is 0. The Hall–Kier alpha value is -1.26. The molecule has 110 valence electrons. The van der Waals surface area contributed by atoms with E-state index >= 15 is 0 Å². The lowest BCUT2D eigenvalue weighted by Crippen LogP contribution is -2.26. The van der Waals surface area contributed by atoms with Gasteiger partial charge in [0, 0.05) is 0 Å². The topological polar surface area (TPSA) is 52.6 Å². The molecule has 0 N–H and O–H groups in total. The van der Waals surface area contributed by atoms with Gasteiger partial charge >= 0.3 is 11.9 Å². The van der Waals surface area contributed by atoms with E-state index in [0.29, 0.717) is 29.3 Å². The molecule has 0 unspecified atom stereocenters. The average molecular weight is 319 g/mol. The van der Waals surface area contributed by atoms with Crippen LogP contribution in [0.1, 0.15) is 18.4 Å². The number of hydrogen-bond acceptors (Lipinski definition) is 4. The van der Waals surface area contributed by atoms with Crippen LogP contribution in [0.15, 0.2) is 18.2 Å². The molecule has 0 amide bonds. The summed E-state index contributed by atoms with van der Waals surface area (Å²) in [6, 6.07) is 5.35. The summed E-state index contributed by atoms with van der Waals surface area (Å²) in [5.74, 6) is -2.04. The van der Waals surface area contributed by atoms with Crippen LogP contribution in [0.4, 0.5) is 0 Å². The molecule has 6 heteroatoms. The number of ether oxygens (including phenoxy) is 2. The van der Waals surface area contributed by atoms with Gasteiger partial charge in [0.15, 0.2) is 5.92 Å². The van der Waals surface area contributed by atoms with Gasteiger partial charge in [0.05, 0.1) is 24.3 Å². The third-order valence-electron chi connectivity index (χ3n) is 2.91. The van der Waals surface area contributed by atoms with Crippen LogP contribution in [0.5, 0.6) is 0 Å². The fourth-order valence-electron chi connectivity index (χ4n) is 1.82. The lowest BCUT2D eigenvalue weighted by atomic mass is 9.99. The van der Waals surface area contributed by atoms with Gasteiger partial charge in [-0.25, -0.2) is 0 Å². The van der Waals surface area contributed by atoms with Gasteiger partial charge < -0.3 is 9.47 Å². The van der Waals surface area contributed by atoms with Crippen LogP contribution in [0, 0.1) is 5.92 Å². The van der Waals surface area contributed by atoms with E-state index in [0.717, 1.165) is 5.56 Å². The van der Waals surface area contributed by atoms with Crippen LogP contribution in [0.25, 0.3) is 0 Å². The maximum atomic E-state index is 11.5. The molecule has 0 fully saturated rings. The number of halogens is 2. The van der Waals surface area contributed by atoms with Crippen molar-refractivity contribution in [3.8, 4) is 0 Å². The quantitative estimate of drug-likeness (QED) is 0.596. The standard InChI is InChI=1S/C14H16Cl2O4/c1-19-13(17)10(14(18)20-2)5-3-4-9-6-7-11(15)12(16)8-9/h6-8,10H,3-5H2,1-2H3. The van der Waals surface area contributed by atoms with E-state index < -0.39 is 17.9 Å². The minimum Gasteiger partial charge on any atom is -0.468 e. The Bertz CT molecular complexity index is 472. The van der Waals surface area contributed by atoms with Gasteiger partial charge in [0.1, 0.15) is 0 Å². The van der Waals surface area contributed by atoms with Crippen molar-refractivity contribution in [3.63, 3.8) is 0 Å². The number of carbonyl (C=O) groups excluding carboxylic acids is 2. The Morgan fingerprint density at radius 2 is 1.70 bits per heavy atom. The van der Waals surface area contributed by atoms with Crippen LogP contribution in [0.2, 0.25) is 10.0 Å². The highest BCUT2D eigenvalue weighted by Gasteiger charge is 2.27. The van der Waals surface area contributed by atoms with Crippen molar-refractivity contribution in [1.29, 1.82) is 0 Å². The van der Waals surface area contributed by atoms with Gasteiger partial charge in [-0.2, -0.15) is 0 Å². The smallest absolute Gasteiger partial charge is 0.320 e. The Labute approximate surface area is 128 Å². The third kappa shape index (κ3) is 4.69. The molecule has 0 aliphatic heterocycles. The molecule has 0 radical (unpaired) electrons. The van der Waals surface area contributed by atoms with Gasteiger partial charge in [-0.1, -0.05) is 29.3 Å². The Balaban J connectivity index is 2.57. The maximum Gasteiger partial charge on any atom is 0.320 e. The minimum absolute atomic E-state index is 0.361. The first kappa shape index (κ1) is 16.8. The molecular formula is C14H16Cl2O4. The molecule has 1 rings (SSSR count). The lowest BCUT2D eigenvalue weighted by molar-refractivity contribution is -0.159. The summed E-state index contributed by atoms with van der Waals surface area (Å²) in [6.45, 7) is 0. The van der Waals surface area contributed by atoms with E-state index in [-0.39, 0.29) is 0 Å². The first-order chi connectivity index (χ1) is 9.49. The average Bonchev–Trinajstić information content (AvgIpc) is 2.45. The lowest BCUT2D eigenvalue weighted by Gasteiger charge is -2.12. The number of esters is 2. The van der Waals surface area contributed by atoms with Gasteiger partial charge in [0.25, 0.3) is 0 Å². The number of carbonyl (C=O) groups is 2. The van der Waals surface area contributed by atoms with E-state index in [1.807, 2.05) is 6.07 Å². The van der Waals surface area contributed by atoms with E-state index in [1.54, 1.807) is 12.1 Å². The van der Waals surface area contributed by atoms with Gasteiger partial charge in [-0.15, -0.1) is 0 Å². The van der Waals surface area contributed by atoms with Crippen LogP contribution < -0.4 is 0 Å². The highest BCUT2D eigenvalue weighted by atomic mass is 35.5. The molecule has 0 aromatic heterocycles. The number of benzene rings is 1. The molecule has 0 saturated carbocycles. The van der Waals surface area contributed by atoms with Crippen molar-refractivity contribution in [2.24, 2.45) is 5.92 Å². The number of methoxy groups -OCH3 is 2. The minimum atomic E-state index is -0.882. The molecule has 0 spiro atoms.